The summed E-state index contributed by atoms with van der Waals surface area (Å²) in [6.07, 6.45) is 1.83. The van der Waals surface area contributed by atoms with Crippen LogP contribution in [-0.2, 0) is 7.05 Å². The Labute approximate surface area is 118 Å². The number of pyridine rings is 1. The van der Waals surface area contributed by atoms with Crippen LogP contribution in [-0.4, -0.2) is 30.7 Å². The summed E-state index contributed by atoms with van der Waals surface area (Å²) in [5, 5.41) is 5.31. The molecule has 1 N–H and O–H groups in total. The van der Waals surface area contributed by atoms with Crippen LogP contribution < -0.4 is 15.8 Å². The Bertz CT molecular complexity index is 709. The number of anilines is 1. The zero-order valence-electron chi connectivity index (χ0n) is 11.7. The molecule has 104 valence electrons. The summed E-state index contributed by atoms with van der Waals surface area (Å²) >= 11 is 0. The van der Waals surface area contributed by atoms with Crippen LogP contribution in [0.4, 0.5) is 5.69 Å². The minimum atomic E-state index is 0.0883. The summed E-state index contributed by atoms with van der Waals surface area (Å²) in [6, 6.07) is 8.28. The zero-order valence-corrected chi connectivity index (χ0v) is 11.7. The SMILES string of the molecule is Cn1ccc2ccc(N3CC4CNCC4C3)cc2c1=O. The number of hydrogen-bond donors (Lipinski definition) is 1. The molecular formula is C16H19N3O. The monoisotopic (exact) mass is 269 g/mol. The lowest BCUT2D eigenvalue weighted by atomic mass is 10.0. The Morgan fingerprint density at radius 2 is 1.90 bits per heavy atom. The number of hydrogen-bond acceptors (Lipinski definition) is 3. The lowest BCUT2D eigenvalue weighted by Gasteiger charge is -2.20. The van der Waals surface area contributed by atoms with Gasteiger partial charge >= 0.3 is 0 Å². The quantitative estimate of drug-likeness (QED) is 0.845. The molecule has 2 aliphatic heterocycles. The Hall–Kier alpha value is -1.81. The standard InChI is InChI=1S/C16H19N3O/c1-18-5-4-11-2-3-14(6-15(11)16(18)20)19-9-12-7-17-8-13(12)10-19/h2-6,12-13,17H,7-10H2,1H3. The van der Waals surface area contributed by atoms with E-state index in [2.05, 4.69) is 28.4 Å². The molecule has 0 radical (unpaired) electrons. The van der Waals surface area contributed by atoms with Crippen LogP contribution in [0.25, 0.3) is 10.8 Å². The highest BCUT2D eigenvalue weighted by Gasteiger charge is 2.36. The molecule has 2 atom stereocenters. The molecule has 1 aromatic heterocycles. The van der Waals surface area contributed by atoms with Crippen molar-refractivity contribution < 1.29 is 0 Å². The molecule has 0 amide bonds. The number of rotatable bonds is 1. The fraction of sp³-hybridized carbons (Fsp3) is 0.438. The van der Waals surface area contributed by atoms with Crippen molar-refractivity contribution in [2.75, 3.05) is 31.1 Å². The van der Waals surface area contributed by atoms with Crippen molar-refractivity contribution in [2.45, 2.75) is 0 Å². The first kappa shape index (κ1) is 12.0. The Kier molecular flexibility index (Phi) is 2.60. The summed E-state index contributed by atoms with van der Waals surface area (Å²) in [5.74, 6) is 1.54. The van der Waals surface area contributed by atoms with Gasteiger partial charge in [0.15, 0.2) is 0 Å². The van der Waals surface area contributed by atoms with Gasteiger partial charge in [-0.2, -0.15) is 0 Å². The number of nitrogens with zero attached hydrogens (tertiary/aromatic N) is 2. The third kappa shape index (κ3) is 1.75. The number of fused-ring (bicyclic) bond motifs is 2. The Morgan fingerprint density at radius 3 is 2.65 bits per heavy atom. The van der Waals surface area contributed by atoms with Crippen LogP contribution in [0.5, 0.6) is 0 Å². The summed E-state index contributed by atoms with van der Waals surface area (Å²) in [7, 11) is 1.81. The molecule has 2 saturated heterocycles. The predicted molar refractivity (Wildman–Crippen MR) is 81.3 cm³/mol. The van der Waals surface area contributed by atoms with E-state index in [-0.39, 0.29) is 5.56 Å². The maximum Gasteiger partial charge on any atom is 0.258 e. The molecule has 1 aromatic carbocycles. The Morgan fingerprint density at radius 1 is 1.15 bits per heavy atom. The average Bonchev–Trinajstić information content (AvgIpc) is 3.04. The van der Waals surface area contributed by atoms with Gasteiger partial charge in [-0.05, 0) is 35.4 Å². The second-order valence-corrected chi connectivity index (χ2v) is 6.09. The third-order valence-corrected chi connectivity index (χ3v) is 4.82. The van der Waals surface area contributed by atoms with E-state index in [1.807, 2.05) is 12.3 Å². The van der Waals surface area contributed by atoms with E-state index in [1.165, 1.54) is 5.69 Å². The molecule has 2 unspecified atom stereocenters. The minimum absolute atomic E-state index is 0.0883. The first-order chi connectivity index (χ1) is 9.72. The van der Waals surface area contributed by atoms with Gasteiger partial charge in [-0.1, -0.05) is 6.07 Å². The van der Waals surface area contributed by atoms with Crippen LogP contribution >= 0.6 is 0 Å². The van der Waals surface area contributed by atoms with Crippen molar-refractivity contribution in [1.29, 1.82) is 0 Å². The van der Waals surface area contributed by atoms with Gasteiger partial charge in [0, 0.05) is 50.5 Å². The van der Waals surface area contributed by atoms with Crippen molar-refractivity contribution in [3.8, 4) is 0 Å². The molecule has 0 aliphatic carbocycles. The van der Waals surface area contributed by atoms with E-state index in [0.717, 1.165) is 48.8 Å². The average molecular weight is 269 g/mol. The number of aromatic nitrogens is 1. The predicted octanol–water partition coefficient (Wildman–Crippen LogP) is 1.19. The first-order valence-corrected chi connectivity index (χ1v) is 7.27. The minimum Gasteiger partial charge on any atom is -0.371 e. The second-order valence-electron chi connectivity index (χ2n) is 6.09. The molecule has 3 heterocycles. The molecule has 4 rings (SSSR count). The van der Waals surface area contributed by atoms with E-state index in [9.17, 15) is 4.79 Å². The number of nitrogens with one attached hydrogen (secondary N) is 1. The molecule has 2 aliphatic rings. The van der Waals surface area contributed by atoms with Gasteiger partial charge in [-0.3, -0.25) is 4.79 Å². The molecule has 2 fully saturated rings. The van der Waals surface area contributed by atoms with Crippen molar-refractivity contribution in [3.63, 3.8) is 0 Å². The number of benzene rings is 1. The highest BCUT2D eigenvalue weighted by molar-refractivity contribution is 5.85. The summed E-state index contributed by atoms with van der Waals surface area (Å²) < 4.78 is 1.65. The lowest BCUT2D eigenvalue weighted by Crippen LogP contribution is -2.25. The summed E-state index contributed by atoms with van der Waals surface area (Å²) in [6.45, 7) is 4.49. The maximum atomic E-state index is 12.2. The van der Waals surface area contributed by atoms with Crippen LogP contribution in [0.1, 0.15) is 0 Å². The fourth-order valence-corrected chi connectivity index (χ4v) is 3.59. The van der Waals surface area contributed by atoms with Crippen LogP contribution in [0.3, 0.4) is 0 Å². The smallest absolute Gasteiger partial charge is 0.258 e. The van der Waals surface area contributed by atoms with Gasteiger partial charge in [-0.15, -0.1) is 0 Å². The fourth-order valence-electron chi connectivity index (χ4n) is 3.59. The van der Waals surface area contributed by atoms with Crippen molar-refractivity contribution in [3.05, 3.63) is 40.8 Å². The van der Waals surface area contributed by atoms with Gasteiger partial charge in [0.1, 0.15) is 0 Å². The van der Waals surface area contributed by atoms with Crippen molar-refractivity contribution in [2.24, 2.45) is 18.9 Å². The van der Waals surface area contributed by atoms with Crippen LogP contribution in [0.15, 0.2) is 35.3 Å². The van der Waals surface area contributed by atoms with Crippen LogP contribution in [0, 0.1) is 11.8 Å². The molecule has 0 bridgehead atoms. The largest absolute Gasteiger partial charge is 0.371 e. The normalized spacial score (nSPS) is 25.4. The van der Waals surface area contributed by atoms with E-state index in [4.69, 9.17) is 0 Å². The van der Waals surface area contributed by atoms with Gasteiger partial charge in [-0.25, -0.2) is 0 Å². The van der Waals surface area contributed by atoms with Crippen molar-refractivity contribution in [1.82, 2.24) is 9.88 Å². The topological polar surface area (TPSA) is 37.3 Å². The summed E-state index contributed by atoms with van der Waals surface area (Å²) in [4.78, 5) is 14.7. The Balaban J connectivity index is 1.74. The second kappa shape index (κ2) is 4.35. The van der Waals surface area contributed by atoms with Gasteiger partial charge < -0.3 is 14.8 Å². The van der Waals surface area contributed by atoms with E-state index < -0.39 is 0 Å². The molecular weight excluding hydrogens is 250 g/mol. The molecule has 4 nitrogen and oxygen atoms in total. The van der Waals surface area contributed by atoms with Gasteiger partial charge in [0.05, 0.1) is 0 Å². The van der Waals surface area contributed by atoms with Crippen LogP contribution in [0.2, 0.25) is 0 Å². The lowest BCUT2D eigenvalue weighted by molar-refractivity contribution is 0.533. The molecule has 0 spiro atoms. The zero-order chi connectivity index (χ0) is 13.7. The molecule has 0 saturated carbocycles. The van der Waals surface area contributed by atoms with Crippen molar-refractivity contribution >= 4 is 16.5 Å². The van der Waals surface area contributed by atoms with E-state index in [1.54, 1.807) is 11.6 Å². The van der Waals surface area contributed by atoms with E-state index in [0.29, 0.717) is 0 Å². The molecule has 2 aromatic rings. The third-order valence-electron chi connectivity index (χ3n) is 4.82. The van der Waals surface area contributed by atoms with Gasteiger partial charge in [0.2, 0.25) is 0 Å². The summed E-state index contributed by atoms with van der Waals surface area (Å²) in [5.41, 5.74) is 1.28. The number of aryl methyl sites for hydroxylation is 1. The van der Waals surface area contributed by atoms with Gasteiger partial charge in [0.25, 0.3) is 5.56 Å². The molecule has 20 heavy (non-hydrogen) atoms. The first-order valence-electron chi connectivity index (χ1n) is 7.27. The molecule has 4 heteroatoms. The van der Waals surface area contributed by atoms with E-state index >= 15 is 0 Å². The maximum absolute atomic E-state index is 12.2. The highest BCUT2D eigenvalue weighted by atomic mass is 16.1. The highest BCUT2D eigenvalue weighted by Crippen LogP contribution is 2.31.